The van der Waals surface area contributed by atoms with Gasteiger partial charge in [0.15, 0.2) is 17.3 Å². The van der Waals surface area contributed by atoms with Crippen LogP contribution in [0.3, 0.4) is 0 Å². The normalized spacial score (nSPS) is 10.3. The first-order valence-electron chi connectivity index (χ1n) is 5.67. The second-order valence-corrected chi connectivity index (χ2v) is 4.55. The van der Waals surface area contributed by atoms with E-state index in [0.717, 1.165) is 5.56 Å². The Morgan fingerprint density at radius 1 is 1.16 bits per heavy atom. The van der Waals surface area contributed by atoms with Crippen LogP contribution in [0.4, 0.5) is 4.39 Å². The zero-order valence-corrected chi connectivity index (χ0v) is 11.3. The van der Waals surface area contributed by atoms with Crippen LogP contribution in [0.2, 0.25) is 5.02 Å². The fourth-order valence-electron chi connectivity index (χ4n) is 1.75. The predicted molar refractivity (Wildman–Crippen MR) is 72.6 cm³/mol. The summed E-state index contributed by atoms with van der Waals surface area (Å²) in [6, 6.07) is 9.07. The molecule has 0 heterocycles. The average Bonchev–Trinajstić information content (AvgIpc) is 2.41. The molecule has 0 fully saturated rings. The molecule has 0 radical (unpaired) electrons. The summed E-state index contributed by atoms with van der Waals surface area (Å²) in [5.41, 5.74) is 1.71. The van der Waals surface area contributed by atoms with E-state index in [1.165, 1.54) is 25.3 Å². The number of methoxy groups -OCH3 is 1. The third-order valence-corrected chi connectivity index (χ3v) is 3.26. The van der Waals surface area contributed by atoms with E-state index in [-0.39, 0.29) is 11.5 Å². The molecule has 0 saturated heterocycles. The minimum Gasteiger partial charge on any atom is -0.494 e. The molecule has 0 aliphatic heterocycles. The molecule has 0 saturated carbocycles. The molecule has 0 bridgehead atoms. The molecular weight excluding hydrogens is 267 g/mol. The highest BCUT2D eigenvalue weighted by Gasteiger charge is 2.13. The average molecular weight is 279 g/mol. The van der Waals surface area contributed by atoms with Crippen molar-refractivity contribution in [3.05, 3.63) is 63.9 Å². The number of ether oxygens (including phenoxy) is 1. The molecule has 4 heteroatoms. The Morgan fingerprint density at radius 2 is 1.79 bits per heavy atom. The van der Waals surface area contributed by atoms with Gasteiger partial charge in [-0.05, 0) is 48.9 Å². The molecule has 0 amide bonds. The van der Waals surface area contributed by atoms with Gasteiger partial charge in [0.05, 0.1) is 7.11 Å². The molecule has 19 heavy (non-hydrogen) atoms. The molecule has 0 aromatic heterocycles. The van der Waals surface area contributed by atoms with Crippen LogP contribution in [0.25, 0.3) is 0 Å². The number of carbonyl (C=O) groups is 1. The summed E-state index contributed by atoms with van der Waals surface area (Å²) in [4.78, 5) is 12.3. The van der Waals surface area contributed by atoms with Gasteiger partial charge in [-0.25, -0.2) is 4.39 Å². The number of hydrogen-bond acceptors (Lipinski definition) is 2. The molecule has 2 aromatic rings. The lowest BCUT2D eigenvalue weighted by Gasteiger charge is -2.06. The number of carbonyl (C=O) groups excluding carboxylic acids is 1. The molecule has 0 atom stereocenters. The largest absolute Gasteiger partial charge is 0.494 e. The summed E-state index contributed by atoms with van der Waals surface area (Å²) in [7, 11) is 1.36. The summed E-state index contributed by atoms with van der Waals surface area (Å²) in [6.45, 7) is 1.82. The van der Waals surface area contributed by atoms with Crippen molar-refractivity contribution in [1.29, 1.82) is 0 Å². The van der Waals surface area contributed by atoms with Crippen molar-refractivity contribution < 1.29 is 13.9 Å². The van der Waals surface area contributed by atoms with E-state index in [1.807, 2.05) is 6.92 Å². The highest BCUT2D eigenvalue weighted by Crippen LogP contribution is 2.22. The molecule has 0 aliphatic rings. The molecular formula is C15H12ClFO2. The van der Waals surface area contributed by atoms with Crippen molar-refractivity contribution in [2.75, 3.05) is 7.11 Å². The molecule has 0 unspecified atom stereocenters. The van der Waals surface area contributed by atoms with E-state index >= 15 is 0 Å². The van der Waals surface area contributed by atoms with E-state index in [9.17, 15) is 9.18 Å². The van der Waals surface area contributed by atoms with E-state index < -0.39 is 5.82 Å². The van der Waals surface area contributed by atoms with Crippen LogP contribution in [-0.2, 0) is 0 Å². The Morgan fingerprint density at radius 3 is 2.42 bits per heavy atom. The van der Waals surface area contributed by atoms with Gasteiger partial charge in [0, 0.05) is 16.1 Å². The first-order chi connectivity index (χ1) is 9.02. The molecule has 0 spiro atoms. The van der Waals surface area contributed by atoms with Crippen molar-refractivity contribution in [1.82, 2.24) is 0 Å². The second kappa shape index (κ2) is 5.41. The monoisotopic (exact) mass is 278 g/mol. The minimum absolute atomic E-state index is 0.0523. The van der Waals surface area contributed by atoms with Crippen LogP contribution in [0, 0.1) is 12.7 Å². The summed E-state index contributed by atoms with van der Waals surface area (Å²) in [5, 5.41) is 0.605. The third-order valence-electron chi connectivity index (χ3n) is 2.83. The number of rotatable bonds is 3. The van der Waals surface area contributed by atoms with Gasteiger partial charge in [0.2, 0.25) is 0 Å². The molecule has 2 nitrogen and oxygen atoms in total. The van der Waals surface area contributed by atoms with Crippen molar-refractivity contribution in [3.63, 3.8) is 0 Å². The number of aryl methyl sites for hydroxylation is 1. The van der Waals surface area contributed by atoms with Gasteiger partial charge in [-0.15, -0.1) is 0 Å². The van der Waals surface area contributed by atoms with E-state index in [2.05, 4.69) is 0 Å². The van der Waals surface area contributed by atoms with Crippen molar-refractivity contribution >= 4 is 17.4 Å². The quantitative estimate of drug-likeness (QED) is 0.793. The summed E-state index contributed by atoms with van der Waals surface area (Å²) in [5.74, 6) is -0.638. The molecule has 2 aromatic carbocycles. The summed E-state index contributed by atoms with van der Waals surface area (Å²) < 4.78 is 18.2. The zero-order chi connectivity index (χ0) is 14.0. The third kappa shape index (κ3) is 2.76. The molecule has 0 N–H and O–H groups in total. The fraction of sp³-hybridized carbons (Fsp3) is 0.133. The van der Waals surface area contributed by atoms with Gasteiger partial charge in [-0.3, -0.25) is 4.79 Å². The van der Waals surface area contributed by atoms with Gasteiger partial charge in [0.25, 0.3) is 0 Å². The van der Waals surface area contributed by atoms with Crippen LogP contribution in [-0.4, -0.2) is 12.9 Å². The Hall–Kier alpha value is -1.87. The van der Waals surface area contributed by atoms with E-state index in [0.29, 0.717) is 16.1 Å². The van der Waals surface area contributed by atoms with E-state index in [4.69, 9.17) is 16.3 Å². The topological polar surface area (TPSA) is 26.3 Å². The number of benzene rings is 2. The SMILES string of the molecule is COc1cc(C(=O)c2ccc(Cl)c(C)c2)ccc1F. The predicted octanol–water partition coefficient (Wildman–Crippen LogP) is 4.03. The Kier molecular flexibility index (Phi) is 3.86. The first-order valence-corrected chi connectivity index (χ1v) is 6.05. The standard InChI is InChI=1S/C15H12ClFO2/c1-9-7-10(3-5-12(9)16)15(18)11-4-6-13(17)14(8-11)19-2/h3-8H,1-2H3. The Balaban J connectivity index is 2.41. The number of halogens is 2. The smallest absolute Gasteiger partial charge is 0.193 e. The Labute approximate surface area is 115 Å². The minimum atomic E-state index is -0.494. The number of hydrogen-bond donors (Lipinski definition) is 0. The zero-order valence-electron chi connectivity index (χ0n) is 10.5. The lowest BCUT2D eigenvalue weighted by Crippen LogP contribution is -2.03. The van der Waals surface area contributed by atoms with Gasteiger partial charge in [-0.1, -0.05) is 11.6 Å². The van der Waals surface area contributed by atoms with Crippen LogP contribution in [0.15, 0.2) is 36.4 Å². The van der Waals surface area contributed by atoms with Gasteiger partial charge >= 0.3 is 0 Å². The molecule has 0 aliphatic carbocycles. The highest BCUT2D eigenvalue weighted by atomic mass is 35.5. The maximum Gasteiger partial charge on any atom is 0.193 e. The van der Waals surface area contributed by atoms with Crippen LogP contribution < -0.4 is 4.74 Å². The second-order valence-electron chi connectivity index (χ2n) is 4.14. The fourth-order valence-corrected chi connectivity index (χ4v) is 1.87. The lowest BCUT2D eigenvalue weighted by molar-refractivity contribution is 0.103. The van der Waals surface area contributed by atoms with Crippen molar-refractivity contribution in [2.45, 2.75) is 6.92 Å². The van der Waals surface area contributed by atoms with Crippen LogP contribution in [0.1, 0.15) is 21.5 Å². The summed E-state index contributed by atoms with van der Waals surface area (Å²) in [6.07, 6.45) is 0. The maximum absolute atomic E-state index is 13.3. The van der Waals surface area contributed by atoms with Gasteiger partial charge in [0.1, 0.15) is 0 Å². The number of ketones is 1. The summed E-state index contributed by atoms with van der Waals surface area (Å²) >= 11 is 5.92. The van der Waals surface area contributed by atoms with Crippen molar-refractivity contribution in [2.24, 2.45) is 0 Å². The lowest BCUT2D eigenvalue weighted by atomic mass is 10.0. The first kappa shape index (κ1) is 13.6. The molecule has 98 valence electrons. The van der Waals surface area contributed by atoms with Crippen LogP contribution in [0.5, 0.6) is 5.75 Å². The van der Waals surface area contributed by atoms with E-state index in [1.54, 1.807) is 18.2 Å². The maximum atomic E-state index is 13.3. The van der Waals surface area contributed by atoms with Gasteiger partial charge in [-0.2, -0.15) is 0 Å². The van der Waals surface area contributed by atoms with Crippen LogP contribution >= 0.6 is 11.6 Å². The van der Waals surface area contributed by atoms with Gasteiger partial charge < -0.3 is 4.74 Å². The van der Waals surface area contributed by atoms with Crippen molar-refractivity contribution in [3.8, 4) is 5.75 Å². The Bertz CT molecular complexity index is 638. The molecule has 2 rings (SSSR count). The highest BCUT2D eigenvalue weighted by molar-refractivity contribution is 6.31.